The standard InChI is InChI=1S/C21H25N3O3S/c25-21(14-13-17-8-3-1-4-9-17)23-18-10-7-11-19(16-18)28(26,27)24-20-12-5-2-6-15-22-20/h1,3-4,7-11,16H,2,5-6,12-15H2,(H,22,24)(H,23,25). The molecular weight excluding hydrogens is 374 g/mol. The summed E-state index contributed by atoms with van der Waals surface area (Å²) in [5, 5.41) is 2.78. The van der Waals surface area contributed by atoms with Gasteiger partial charge >= 0.3 is 0 Å². The Morgan fingerprint density at radius 2 is 1.82 bits per heavy atom. The Kier molecular flexibility index (Phi) is 6.81. The molecule has 1 aliphatic heterocycles. The minimum absolute atomic E-state index is 0.111. The van der Waals surface area contributed by atoms with Gasteiger partial charge in [0.1, 0.15) is 5.84 Å². The number of amidine groups is 1. The first-order chi connectivity index (χ1) is 13.5. The minimum Gasteiger partial charge on any atom is -0.326 e. The van der Waals surface area contributed by atoms with Crippen LogP contribution in [0.5, 0.6) is 0 Å². The van der Waals surface area contributed by atoms with Gasteiger partial charge in [0, 0.05) is 25.1 Å². The summed E-state index contributed by atoms with van der Waals surface area (Å²) < 4.78 is 27.9. The average Bonchev–Trinajstić information content (AvgIpc) is 2.96. The second kappa shape index (κ2) is 9.50. The summed E-state index contributed by atoms with van der Waals surface area (Å²) in [5.74, 6) is 0.356. The lowest BCUT2D eigenvalue weighted by Gasteiger charge is -2.11. The molecule has 2 N–H and O–H groups in total. The molecule has 0 atom stereocenters. The van der Waals surface area contributed by atoms with Crippen molar-refractivity contribution in [2.75, 3.05) is 11.9 Å². The van der Waals surface area contributed by atoms with Crippen molar-refractivity contribution < 1.29 is 13.2 Å². The lowest BCUT2D eigenvalue weighted by atomic mass is 10.1. The topological polar surface area (TPSA) is 87.6 Å². The van der Waals surface area contributed by atoms with Gasteiger partial charge in [-0.05, 0) is 43.0 Å². The molecule has 2 aromatic rings. The monoisotopic (exact) mass is 399 g/mol. The Bertz CT molecular complexity index is 940. The fourth-order valence-corrected chi connectivity index (χ4v) is 4.17. The van der Waals surface area contributed by atoms with Gasteiger partial charge in [-0.3, -0.25) is 14.5 Å². The molecule has 0 unspecified atom stereocenters. The van der Waals surface area contributed by atoms with Gasteiger partial charge in [-0.2, -0.15) is 0 Å². The van der Waals surface area contributed by atoms with Gasteiger partial charge in [0.05, 0.1) is 4.90 Å². The SMILES string of the molecule is O=C(CCc1ccccc1)Nc1cccc(S(=O)(=O)NC2=NCCCCC2)c1. The number of amides is 1. The largest absolute Gasteiger partial charge is 0.326 e. The molecule has 28 heavy (non-hydrogen) atoms. The Hall–Kier alpha value is -2.67. The van der Waals surface area contributed by atoms with Crippen molar-refractivity contribution in [3.8, 4) is 0 Å². The first-order valence-electron chi connectivity index (χ1n) is 9.53. The van der Waals surface area contributed by atoms with Crippen LogP contribution in [0, 0.1) is 0 Å². The van der Waals surface area contributed by atoms with Crippen molar-refractivity contribution in [3.05, 3.63) is 60.2 Å². The summed E-state index contributed by atoms with van der Waals surface area (Å²) in [4.78, 5) is 16.6. The van der Waals surface area contributed by atoms with Crippen molar-refractivity contribution in [2.45, 2.75) is 43.4 Å². The fourth-order valence-electron chi connectivity index (χ4n) is 3.04. The van der Waals surface area contributed by atoms with Crippen molar-refractivity contribution in [1.29, 1.82) is 0 Å². The summed E-state index contributed by atoms with van der Waals surface area (Å²) in [6.45, 7) is 0.648. The first-order valence-corrected chi connectivity index (χ1v) is 11.0. The smallest absolute Gasteiger partial charge is 0.262 e. The number of hydrogen-bond acceptors (Lipinski definition) is 4. The van der Waals surface area contributed by atoms with Crippen LogP contribution in [0.1, 0.15) is 37.7 Å². The van der Waals surface area contributed by atoms with Crippen molar-refractivity contribution in [1.82, 2.24) is 4.72 Å². The summed E-state index contributed by atoms with van der Waals surface area (Å²) >= 11 is 0. The van der Waals surface area contributed by atoms with Crippen LogP contribution in [0.25, 0.3) is 0 Å². The number of hydrogen-bond donors (Lipinski definition) is 2. The van der Waals surface area contributed by atoms with E-state index in [0.717, 1.165) is 24.8 Å². The molecule has 6 nitrogen and oxygen atoms in total. The average molecular weight is 400 g/mol. The normalized spacial score (nSPS) is 14.6. The van der Waals surface area contributed by atoms with Crippen LogP contribution in [0.2, 0.25) is 0 Å². The van der Waals surface area contributed by atoms with Gasteiger partial charge in [-0.1, -0.05) is 42.8 Å². The van der Waals surface area contributed by atoms with E-state index in [1.807, 2.05) is 30.3 Å². The summed E-state index contributed by atoms with van der Waals surface area (Å²) in [6.07, 6.45) is 4.56. The second-order valence-electron chi connectivity index (χ2n) is 6.81. The van der Waals surface area contributed by atoms with Gasteiger partial charge in [0.25, 0.3) is 10.0 Å². The molecule has 1 aliphatic rings. The number of anilines is 1. The van der Waals surface area contributed by atoms with E-state index >= 15 is 0 Å². The van der Waals surface area contributed by atoms with Gasteiger partial charge in [0.15, 0.2) is 0 Å². The number of nitrogens with zero attached hydrogens (tertiary/aromatic N) is 1. The number of aliphatic imine (C=N–C) groups is 1. The number of sulfonamides is 1. The molecule has 0 radical (unpaired) electrons. The lowest BCUT2D eigenvalue weighted by Crippen LogP contribution is -2.30. The highest BCUT2D eigenvalue weighted by Gasteiger charge is 2.18. The highest BCUT2D eigenvalue weighted by molar-refractivity contribution is 7.90. The van der Waals surface area contributed by atoms with Crippen LogP contribution in [-0.2, 0) is 21.2 Å². The van der Waals surface area contributed by atoms with E-state index in [9.17, 15) is 13.2 Å². The summed E-state index contributed by atoms with van der Waals surface area (Å²) in [7, 11) is -3.72. The van der Waals surface area contributed by atoms with Gasteiger partial charge in [0.2, 0.25) is 5.91 Å². The Labute approximate surface area is 166 Å². The maximum Gasteiger partial charge on any atom is 0.262 e. The van der Waals surface area contributed by atoms with Gasteiger partial charge < -0.3 is 5.32 Å². The molecule has 0 saturated heterocycles. The molecule has 148 valence electrons. The highest BCUT2D eigenvalue weighted by Crippen LogP contribution is 2.17. The molecule has 1 heterocycles. The van der Waals surface area contributed by atoms with E-state index in [0.29, 0.717) is 37.3 Å². The van der Waals surface area contributed by atoms with Gasteiger partial charge in [-0.25, -0.2) is 8.42 Å². The zero-order chi connectivity index (χ0) is 19.8. The Morgan fingerprint density at radius 1 is 1.00 bits per heavy atom. The van der Waals surface area contributed by atoms with E-state index in [-0.39, 0.29) is 10.8 Å². The minimum atomic E-state index is -3.72. The van der Waals surface area contributed by atoms with Crippen LogP contribution in [0.15, 0.2) is 64.5 Å². The Morgan fingerprint density at radius 3 is 2.64 bits per heavy atom. The van der Waals surface area contributed by atoms with E-state index in [2.05, 4.69) is 15.0 Å². The highest BCUT2D eigenvalue weighted by atomic mass is 32.2. The molecule has 0 aromatic heterocycles. The van der Waals surface area contributed by atoms with E-state index in [1.165, 1.54) is 12.1 Å². The number of benzene rings is 2. The number of aryl methyl sites for hydroxylation is 1. The molecule has 7 heteroatoms. The summed E-state index contributed by atoms with van der Waals surface area (Å²) in [6, 6.07) is 16.0. The van der Waals surface area contributed by atoms with Crippen LogP contribution in [-0.4, -0.2) is 26.7 Å². The first kappa shape index (κ1) is 20.1. The van der Waals surface area contributed by atoms with Crippen LogP contribution >= 0.6 is 0 Å². The number of rotatable bonds is 6. The number of carbonyl (C=O) groups excluding carboxylic acids is 1. The third-order valence-corrected chi connectivity index (χ3v) is 5.92. The van der Waals surface area contributed by atoms with E-state index in [4.69, 9.17) is 0 Å². The zero-order valence-corrected chi connectivity index (χ0v) is 16.5. The van der Waals surface area contributed by atoms with Crippen LogP contribution in [0.4, 0.5) is 5.69 Å². The van der Waals surface area contributed by atoms with E-state index < -0.39 is 10.0 Å². The Balaban J connectivity index is 1.62. The maximum atomic E-state index is 12.7. The maximum absolute atomic E-state index is 12.7. The molecule has 2 aromatic carbocycles. The third-order valence-electron chi connectivity index (χ3n) is 4.54. The molecular formula is C21H25N3O3S. The third kappa shape index (κ3) is 5.92. The predicted octanol–water partition coefficient (Wildman–Crippen LogP) is 3.51. The van der Waals surface area contributed by atoms with E-state index in [1.54, 1.807) is 12.1 Å². The van der Waals surface area contributed by atoms with Crippen molar-refractivity contribution in [2.24, 2.45) is 4.99 Å². The lowest BCUT2D eigenvalue weighted by molar-refractivity contribution is -0.116. The molecule has 3 rings (SSSR count). The molecule has 0 spiro atoms. The predicted molar refractivity (Wildman–Crippen MR) is 111 cm³/mol. The van der Waals surface area contributed by atoms with Crippen LogP contribution < -0.4 is 10.0 Å². The molecule has 0 saturated carbocycles. The fraction of sp³-hybridized carbons (Fsp3) is 0.333. The van der Waals surface area contributed by atoms with Gasteiger partial charge in [-0.15, -0.1) is 0 Å². The quantitative estimate of drug-likeness (QED) is 0.779. The molecule has 1 amide bonds. The zero-order valence-electron chi connectivity index (χ0n) is 15.7. The number of nitrogens with one attached hydrogen (secondary N) is 2. The second-order valence-corrected chi connectivity index (χ2v) is 8.49. The number of carbonyl (C=O) groups is 1. The van der Waals surface area contributed by atoms with Crippen LogP contribution in [0.3, 0.4) is 0 Å². The van der Waals surface area contributed by atoms with Crippen molar-refractivity contribution in [3.63, 3.8) is 0 Å². The molecule has 0 bridgehead atoms. The van der Waals surface area contributed by atoms with Crippen molar-refractivity contribution >= 4 is 27.5 Å². The molecule has 0 aliphatic carbocycles. The summed E-state index contributed by atoms with van der Waals surface area (Å²) in [5.41, 5.74) is 1.55. The molecule has 0 fully saturated rings.